The monoisotopic (exact) mass is 279 g/mol. The molecule has 0 saturated heterocycles. The molecule has 0 unspecified atom stereocenters. The SMILES string of the molecule is CN1CCc2nc(NC(=O)c3cccs3)sc2C1. The van der Waals surface area contributed by atoms with E-state index in [2.05, 4.69) is 22.2 Å². The molecule has 94 valence electrons. The average Bonchev–Trinajstić information content (AvgIpc) is 2.95. The van der Waals surface area contributed by atoms with Crippen LogP contribution in [0.1, 0.15) is 20.2 Å². The van der Waals surface area contributed by atoms with E-state index in [-0.39, 0.29) is 5.91 Å². The van der Waals surface area contributed by atoms with E-state index in [0.29, 0.717) is 5.13 Å². The number of hydrogen-bond acceptors (Lipinski definition) is 5. The van der Waals surface area contributed by atoms with Crippen LogP contribution in [0.2, 0.25) is 0 Å². The van der Waals surface area contributed by atoms with Crippen molar-refractivity contribution >= 4 is 33.7 Å². The van der Waals surface area contributed by atoms with Crippen LogP contribution in [0.25, 0.3) is 0 Å². The minimum absolute atomic E-state index is 0.0653. The molecule has 0 bridgehead atoms. The molecule has 4 nitrogen and oxygen atoms in total. The minimum atomic E-state index is -0.0653. The van der Waals surface area contributed by atoms with E-state index in [0.717, 1.165) is 30.1 Å². The van der Waals surface area contributed by atoms with Gasteiger partial charge in [-0.15, -0.1) is 22.7 Å². The Labute approximate surface area is 113 Å². The summed E-state index contributed by atoms with van der Waals surface area (Å²) in [5.74, 6) is -0.0653. The molecule has 0 spiro atoms. The highest BCUT2D eigenvalue weighted by molar-refractivity contribution is 7.16. The van der Waals surface area contributed by atoms with Crippen LogP contribution in [0.15, 0.2) is 17.5 Å². The van der Waals surface area contributed by atoms with E-state index < -0.39 is 0 Å². The standard InChI is InChI=1S/C12H13N3OS2/c1-15-5-4-8-10(7-15)18-12(13-8)14-11(16)9-3-2-6-17-9/h2-3,6H,4-5,7H2,1H3,(H,13,14,16). The van der Waals surface area contributed by atoms with Crippen LogP contribution in [0.4, 0.5) is 5.13 Å². The number of thiophene rings is 1. The lowest BCUT2D eigenvalue weighted by atomic mass is 10.2. The Morgan fingerprint density at radius 1 is 1.56 bits per heavy atom. The number of anilines is 1. The summed E-state index contributed by atoms with van der Waals surface area (Å²) in [6.07, 6.45) is 0.969. The molecule has 1 amide bonds. The highest BCUT2D eigenvalue weighted by Crippen LogP contribution is 2.28. The van der Waals surface area contributed by atoms with Crippen LogP contribution in [0.3, 0.4) is 0 Å². The molecule has 0 saturated carbocycles. The first kappa shape index (κ1) is 11.8. The van der Waals surface area contributed by atoms with Crippen molar-refractivity contribution in [1.82, 2.24) is 9.88 Å². The topological polar surface area (TPSA) is 45.2 Å². The highest BCUT2D eigenvalue weighted by atomic mass is 32.1. The zero-order chi connectivity index (χ0) is 12.5. The molecule has 0 fully saturated rings. The zero-order valence-electron chi connectivity index (χ0n) is 9.97. The second-order valence-electron chi connectivity index (χ2n) is 4.31. The van der Waals surface area contributed by atoms with Gasteiger partial charge < -0.3 is 4.90 Å². The number of carbonyl (C=O) groups is 1. The van der Waals surface area contributed by atoms with Gasteiger partial charge in [0.1, 0.15) is 0 Å². The summed E-state index contributed by atoms with van der Waals surface area (Å²) in [6.45, 7) is 1.97. The molecule has 1 aliphatic rings. The molecular weight excluding hydrogens is 266 g/mol. The minimum Gasteiger partial charge on any atom is -0.301 e. The molecule has 3 rings (SSSR count). The third-order valence-electron chi connectivity index (χ3n) is 2.89. The van der Waals surface area contributed by atoms with Crippen molar-refractivity contribution < 1.29 is 4.79 Å². The molecule has 18 heavy (non-hydrogen) atoms. The summed E-state index contributed by atoms with van der Waals surface area (Å²) >= 11 is 3.03. The number of fused-ring (bicyclic) bond motifs is 1. The Morgan fingerprint density at radius 2 is 2.44 bits per heavy atom. The number of nitrogens with zero attached hydrogens (tertiary/aromatic N) is 2. The van der Waals surface area contributed by atoms with Gasteiger partial charge in [0.05, 0.1) is 10.6 Å². The van der Waals surface area contributed by atoms with Crippen LogP contribution in [0.5, 0.6) is 0 Å². The Morgan fingerprint density at radius 3 is 3.22 bits per heavy atom. The first-order valence-electron chi connectivity index (χ1n) is 5.74. The Bertz CT molecular complexity index is 562. The number of rotatable bonds is 2. The predicted octanol–water partition coefficient (Wildman–Crippen LogP) is 2.44. The summed E-state index contributed by atoms with van der Waals surface area (Å²) in [5, 5.41) is 5.49. The van der Waals surface area contributed by atoms with Crippen LogP contribution in [-0.2, 0) is 13.0 Å². The maximum atomic E-state index is 11.9. The fourth-order valence-corrected chi connectivity index (χ4v) is 3.65. The number of carbonyl (C=O) groups excluding carboxylic acids is 1. The third kappa shape index (κ3) is 2.31. The van der Waals surface area contributed by atoms with Gasteiger partial charge >= 0.3 is 0 Å². The normalized spacial score (nSPS) is 15.4. The van der Waals surface area contributed by atoms with Crippen molar-refractivity contribution in [2.24, 2.45) is 0 Å². The van der Waals surface area contributed by atoms with Gasteiger partial charge in [0.2, 0.25) is 0 Å². The van der Waals surface area contributed by atoms with E-state index in [9.17, 15) is 4.79 Å². The van der Waals surface area contributed by atoms with Gasteiger partial charge in [-0.25, -0.2) is 4.98 Å². The first-order valence-corrected chi connectivity index (χ1v) is 7.44. The smallest absolute Gasteiger partial charge is 0.267 e. The first-order chi connectivity index (χ1) is 8.72. The molecule has 0 atom stereocenters. The Balaban J connectivity index is 1.76. The number of amides is 1. The maximum absolute atomic E-state index is 11.9. The van der Waals surface area contributed by atoms with E-state index in [1.165, 1.54) is 16.2 Å². The second kappa shape index (κ2) is 4.79. The van der Waals surface area contributed by atoms with Crippen molar-refractivity contribution in [3.8, 4) is 0 Å². The Kier molecular flexibility index (Phi) is 3.15. The van der Waals surface area contributed by atoms with Gasteiger partial charge in [0.15, 0.2) is 5.13 Å². The zero-order valence-corrected chi connectivity index (χ0v) is 11.6. The van der Waals surface area contributed by atoms with Crippen LogP contribution >= 0.6 is 22.7 Å². The van der Waals surface area contributed by atoms with E-state index in [1.54, 1.807) is 11.3 Å². The molecule has 2 aromatic rings. The maximum Gasteiger partial charge on any atom is 0.267 e. The summed E-state index contributed by atoms with van der Waals surface area (Å²) in [6, 6.07) is 3.70. The molecule has 0 radical (unpaired) electrons. The van der Waals surface area contributed by atoms with Gasteiger partial charge in [0, 0.05) is 24.4 Å². The van der Waals surface area contributed by atoms with Gasteiger partial charge in [-0.1, -0.05) is 6.07 Å². The van der Waals surface area contributed by atoms with E-state index in [4.69, 9.17) is 0 Å². The number of aromatic nitrogens is 1. The molecule has 2 aromatic heterocycles. The highest BCUT2D eigenvalue weighted by Gasteiger charge is 2.19. The number of hydrogen-bond donors (Lipinski definition) is 1. The van der Waals surface area contributed by atoms with Crippen molar-refractivity contribution in [3.05, 3.63) is 33.0 Å². The lowest BCUT2D eigenvalue weighted by Crippen LogP contribution is -2.25. The van der Waals surface area contributed by atoms with Gasteiger partial charge in [-0.3, -0.25) is 10.1 Å². The summed E-state index contributed by atoms with van der Waals surface area (Å²) in [5.41, 5.74) is 1.14. The van der Waals surface area contributed by atoms with Crippen molar-refractivity contribution in [2.75, 3.05) is 18.9 Å². The molecule has 0 aliphatic carbocycles. The second-order valence-corrected chi connectivity index (χ2v) is 6.34. The predicted molar refractivity (Wildman–Crippen MR) is 74.4 cm³/mol. The summed E-state index contributed by atoms with van der Waals surface area (Å²) in [7, 11) is 2.10. The number of likely N-dealkylation sites (N-methyl/N-ethyl adjacent to an activating group) is 1. The van der Waals surface area contributed by atoms with Crippen LogP contribution in [-0.4, -0.2) is 29.4 Å². The number of thiazole rings is 1. The molecule has 3 heterocycles. The van der Waals surface area contributed by atoms with Crippen LogP contribution in [0, 0.1) is 0 Å². The van der Waals surface area contributed by atoms with E-state index >= 15 is 0 Å². The van der Waals surface area contributed by atoms with Gasteiger partial charge in [-0.2, -0.15) is 0 Å². The lowest BCUT2D eigenvalue weighted by molar-refractivity contribution is 0.103. The molecule has 0 aromatic carbocycles. The largest absolute Gasteiger partial charge is 0.301 e. The lowest BCUT2D eigenvalue weighted by Gasteiger charge is -2.20. The molecule has 1 aliphatic heterocycles. The summed E-state index contributed by atoms with van der Waals surface area (Å²) in [4.78, 5) is 20.7. The Hall–Kier alpha value is -1.24. The molecular formula is C12H13N3OS2. The van der Waals surface area contributed by atoms with Gasteiger partial charge in [0.25, 0.3) is 5.91 Å². The van der Waals surface area contributed by atoms with E-state index in [1.807, 2.05) is 17.5 Å². The molecule has 1 N–H and O–H groups in total. The quantitative estimate of drug-likeness (QED) is 0.918. The van der Waals surface area contributed by atoms with Crippen molar-refractivity contribution in [2.45, 2.75) is 13.0 Å². The number of nitrogens with one attached hydrogen (secondary N) is 1. The van der Waals surface area contributed by atoms with Crippen molar-refractivity contribution in [1.29, 1.82) is 0 Å². The molecule has 6 heteroatoms. The fourth-order valence-electron chi connectivity index (χ4n) is 1.94. The van der Waals surface area contributed by atoms with Gasteiger partial charge in [-0.05, 0) is 18.5 Å². The third-order valence-corrected chi connectivity index (χ3v) is 4.75. The fraction of sp³-hybridized carbons (Fsp3) is 0.333. The summed E-state index contributed by atoms with van der Waals surface area (Å²) < 4.78 is 0. The average molecular weight is 279 g/mol. The van der Waals surface area contributed by atoms with Crippen molar-refractivity contribution in [3.63, 3.8) is 0 Å². The van der Waals surface area contributed by atoms with Crippen LogP contribution < -0.4 is 5.32 Å².